The first kappa shape index (κ1) is 14.7. The van der Waals surface area contributed by atoms with E-state index in [1.807, 2.05) is 6.07 Å². The zero-order chi connectivity index (χ0) is 15.4. The van der Waals surface area contributed by atoms with Gasteiger partial charge >= 0.3 is 5.69 Å². The van der Waals surface area contributed by atoms with E-state index in [-0.39, 0.29) is 35.9 Å². The molecular formula is C13H15N5O3. The minimum Gasteiger partial charge on any atom is -0.334 e. The van der Waals surface area contributed by atoms with Crippen molar-refractivity contribution in [3.8, 4) is 6.07 Å². The first-order chi connectivity index (χ1) is 10.1. The summed E-state index contributed by atoms with van der Waals surface area (Å²) in [6.07, 6.45) is 1.92. The van der Waals surface area contributed by atoms with Crippen molar-refractivity contribution >= 4 is 17.3 Å². The highest BCUT2D eigenvalue weighted by Crippen LogP contribution is 2.33. The molecule has 0 saturated heterocycles. The van der Waals surface area contributed by atoms with E-state index in [0.717, 1.165) is 12.8 Å². The smallest absolute Gasteiger partial charge is 0.306 e. The molecule has 1 aliphatic rings. The summed E-state index contributed by atoms with van der Waals surface area (Å²) >= 11 is 0. The van der Waals surface area contributed by atoms with Crippen LogP contribution in [0.5, 0.6) is 0 Å². The summed E-state index contributed by atoms with van der Waals surface area (Å²) in [5.41, 5.74) is 1.97. The fourth-order valence-corrected chi connectivity index (χ4v) is 2.19. The van der Waals surface area contributed by atoms with Gasteiger partial charge in [-0.05, 0) is 25.0 Å². The molecule has 110 valence electrons. The zero-order valence-corrected chi connectivity index (χ0v) is 11.3. The van der Waals surface area contributed by atoms with Crippen LogP contribution in [0.4, 0.5) is 11.4 Å². The lowest BCUT2D eigenvalue weighted by Crippen LogP contribution is -2.34. The summed E-state index contributed by atoms with van der Waals surface area (Å²) in [6.45, 7) is 0.275. The number of hydrazine groups is 1. The molecule has 0 heterocycles. The Balaban J connectivity index is 2.37. The third-order valence-electron chi connectivity index (χ3n) is 3.32. The molecule has 1 aromatic rings. The Morgan fingerprint density at radius 1 is 1.57 bits per heavy atom. The van der Waals surface area contributed by atoms with Crippen LogP contribution < -0.4 is 11.3 Å². The zero-order valence-electron chi connectivity index (χ0n) is 11.3. The minimum absolute atomic E-state index is 0.0136. The summed E-state index contributed by atoms with van der Waals surface area (Å²) in [6, 6.07) is 6.43. The summed E-state index contributed by atoms with van der Waals surface area (Å²) in [7, 11) is 0. The highest BCUT2D eigenvalue weighted by Gasteiger charge is 2.36. The molecular weight excluding hydrogens is 274 g/mol. The van der Waals surface area contributed by atoms with Gasteiger partial charge in [-0.3, -0.25) is 20.8 Å². The van der Waals surface area contributed by atoms with Crippen molar-refractivity contribution in [3.05, 3.63) is 33.9 Å². The number of carbonyl (C=O) groups is 1. The van der Waals surface area contributed by atoms with Gasteiger partial charge in [0.05, 0.1) is 17.4 Å². The summed E-state index contributed by atoms with van der Waals surface area (Å²) in [5, 5.41) is 19.9. The van der Waals surface area contributed by atoms with Gasteiger partial charge in [-0.25, -0.2) is 0 Å². The number of nitrogens with zero attached hydrogens (tertiary/aromatic N) is 3. The van der Waals surface area contributed by atoms with Gasteiger partial charge in [0.2, 0.25) is 0 Å². The second-order valence-electron chi connectivity index (χ2n) is 4.74. The van der Waals surface area contributed by atoms with Crippen molar-refractivity contribution < 1.29 is 9.72 Å². The molecule has 0 radical (unpaired) electrons. The van der Waals surface area contributed by atoms with Crippen LogP contribution in [0.1, 0.15) is 29.6 Å². The van der Waals surface area contributed by atoms with Crippen molar-refractivity contribution in [2.24, 2.45) is 5.84 Å². The summed E-state index contributed by atoms with van der Waals surface area (Å²) in [5.74, 6) is 4.83. The second-order valence-corrected chi connectivity index (χ2v) is 4.74. The molecule has 8 nitrogen and oxygen atoms in total. The van der Waals surface area contributed by atoms with Crippen LogP contribution in [0.25, 0.3) is 0 Å². The average Bonchev–Trinajstić information content (AvgIpc) is 3.31. The van der Waals surface area contributed by atoms with Crippen LogP contribution in [-0.2, 0) is 0 Å². The van der Waals surface area contributed by atoms with E-state index in [2.05, 4.69) is 5.43 Å². The number of benzene rings is 1. The lowest BCUT2D eigenvalue weighted by molar-refractivity contribution is -0.384. The first-order valence-corrected chi connectivity index (χ1v) is 6.52. The molecule has 1 saturated carbocycles. The van der Waals surface area contributed by atoms with E-state index in [1.165, 1.54) is 23.1 Å². The van der Waals surface area contributed by atoms with Crippen LogP contribution in [0, 0.1) is 21.4 Å². The molecule has 1 fully saturated rings. The number of nitrogens with one attached hydrogen (secondary N) is 1. The third kappa shape index (κ3) is 3.09. The molecule has 3 N–H and O–H groups in total. The maximum atomic E-state index is 12.6. The number of carbonyl (C=O) groups excluding carboxylic acids is 1. The number of nitro benzene ring substituents is 1. The summed E-state index contributed by atoms with van der Waals surface area (Å²) < 4.78 is 0. The maximum absolute atomic E-state index is 12.6. The van der Waals surface area contributed by atoms with Crippen LogP contribution in [0.3, 0.4) is 0 Å². The van der Waals surface area contributed by atoms with Crippen molar-refractivity contribution in [1.82, 2.24) is 4.90 Å². The number of para-hydroxylation sites is 1. The van der Waals surface area contributed by atoms with Gasteiger partial charge in [-0.15, -0.1) is 0 Å². The number of nitrogens with two attached hydrogens (primary N) is 1. The van der Waals surface area contributed by atoms with E-state index in [4.69, 9.17) is 11.1 Å². The number of hydrogen-bond donors (Lipinski definition) is 2. The van der Waals surface area contributed by atoms with E-state index in [0.29, 0.717) is 0 Å². The van der Waals surface area contributed by atoms with Gasteiger partial charge in [0, 0.05) is 12.6 Å². The Labute approximate surface area is 121 Å². The lowest BCUT2D eigenvalue weighted by atomic mass is 10.1. The molecule has 1 aromatic carbocycles. The monoisotopic (exact) mass is 289 g/mol. The number of nitriles is 1. The molecule has 0 aliphatic heterocycles. The quantitative estimate of drug-likeness (QED) is 0.463. The molecule has 0 aromatic heterocycles. The molecule has 21 heavy (non-hydrogen) atoms. The predicted molar refractivity (Wildman–Crippen MR) is 75.2 cm³/mol. The van der Waals surface area contributed by atoms with Crippen LogP contribution >= 0.6 is 0 Å². The van der Waals surface area contributed by atoms with Crippen molar-refractivity contribution in [2.75, 3.05) is 12.0 Å². The highest BCUT2D eigenvalue weighted by molar-refractivity contribution is 6.00. The Bertz CT molecular complexity index is 606. The standard InChI is InChI=1S/C13H15N5O3/c14-7-2-8-17(9-5-6-9)13(19)10-3-1-4-11(16-15)12(10)18(20)21/h1,3-4,9,16H,2,5-6,8,15H2. The Hall–Kier alpha value is -2.66. The number of rotatable bonds is 6. The molecule has 2 rings (SSSR count). The normalized spacial score (nSPS) is 13.3. The largest absolute Gasteiger partial charge is 0.334 e. The number of nitro groups is 1. The fraction of sp³-hybridized carbons (Fsp3) is 0.385. The number of amides is 1. The van der Waals surface area contributed by atoms with Crippen molar-refractivity contribution in [3.63, 3.8) is 0 Å². The van der Waals surface area contributed by atoms with E-state index < -0.39 is 10.8 Å². The maximum Gasteiger partial charge on any atom is 0.306 e. The predicted octanol–water partition coefficient (Wildman–Crippen LogP) is 1.40. The van der Waals surface area contributed by atoms with Crippen molar-refractivity contribution in [1.29, 1.82) is 5.26 Å². The van der Waals surface area contributed by atoms with Gasteiger partial charge in [-0.1, -0.05) is 6.07 Å². The Kier molecular flexibility index (Phi) is 4.35. The van der Waals surface area contributed by atoms with Gasteiger partial charge in [0.15, 0.2) is 0 Å². The van der Waals surface area contributed by atoms with Gasteiger partial charge in [-0.2, -0.15) is 5.26 Å². The third-order valence-corrected chi connectivity index (χ3v) is 3.32. The Morgan fingerprint density at radius 2 is 2.29 bits per heavy atom. The van der Waals surface area contributed by atoms with E-state index >= 15 is 0 Å². The summed E-state index contributed by atoms with van der Waals surface area (Å²) in [4.78, 5) is 24.7. The lowest BCUT2D eigenvalue weighted by Gasteiger charge is -2.21. The first-order valence-electron chi connectivity index (χ1n) is 6.52. The van der Waals surface area contributed by atoms with Crippen LogP contribution in [0.15, 0.2) is 18.2 Å². The van der Waals surface area contributed by atoms with E-state index in [1.54, 1.807) is 0 Å². The Morgan fingerprint density at radius 3 is 2.81 bits per heavy atom. The number of hydrogen-bond acceptors (Lipinski definition) is 6. The number of nitrogen functional groups attached to an aromatic ring is 1. The molecule has 1 aliphatic carbocycles. The fourth-order valence-electron chi connectivity index (χ4n) is 2.19. The molecule has 0 bridgehead atoms. The average molecular weight is 289 g/mol. The molecule has 8 heteroatoms. The van der Waals surface area contributed by atoms with E-state index in [9.17, 15) is 14.9 Å². The van der Waals surface area contributed by atoms with Crippen LogP contribution in [-0.4, -0.2) is 28.3 Å². The molecule has 0 unspecified atom stereocenters. The molecule has 0 spiro atoms. The SMILES string of the molecule is N#CCCN(C(=O)c1cccc(NN)c1[N+](=O)[O-])C1CC1. The topological polar surface area (TPSA) is 125 Å². The highest BCUT2D eigenvalue weighted by atomic mass is 16.6. The molecule has 1 amide bonds. The van der Waals surface area contributed by atoms with Crippen LogP contribution in [0.2, 0.25) is 0 Å². The van der Waals surface area contributed by atoms with Crippen molar-refractivity contribution in [2.45, 2.75) is 25.3 Å². The van der Waals surface area contributed by atoms with Gasteiger partial charge in [0.25, 0.3) is 5.91 Å². The number of anilines is 1. The minimum atomic E-state index is -0.627. The molecule has 0 atom stereocenters. The van der Waals surface area contributed by atoms with Gasteiger partial charge in [0.1, 0.15) is 11.3 Å². The second kappa shape index (κ2) is 6.19. The van der Waals surface area contributed by atoms with Gasteiger partial charge < -0.3 is 10.3 Å².